The van der Waals surface area contributed by atoms with Crippen LogP contribution in [0.5, 0.6) is 11.5 Å². The summed E-state index contributed by atoms with van der Waals surface area (Å²) in [4.78, 5) is 14.0. The lowest BCUT2D eigenvalue weighted by Gasteiger charge is -2.13. The van der Waals surface area contributed by atoms with Gasteiger partial charge in [-0.1, -0.05) is 6.07 Å². The Kier molecular flexibility index (Phi) is 6.75. The molecule has 7 nitrogen and oxygen atoms in total. The van der Waals surface area contributed by atoms with Crippen LogP contribution in [-0.4, -0.2) is 44.5 Å². The third kappa shape index (κ3) is 5.41. The number of aromatic nitrogens is 1. The van der Waals surface area contributed by atoms with Gasteiger partial charge in [-0.25, -0.2) is 5.43 Å². The molecule has 1 N–H and O–H groups in total. The third-order valence-electron chi connectivity index (χ3n) is 4.49. The molecule has 1 aromatic heterocycles. The van der Waals surface area contributed by atoms with Crippen molar-refractivity contribution in [3.63, 3.8) is 0 Å². The molecular formula is C23H26N4O3. The number of amides is 1. The van der Waals surface area contributed by atoms with Gasteiger partial charge in [0.1, 0.15) is 11.5 Å². The summed E-state index contributed by atoms with van der Waals surface area (Å²) >= 11 is 0. The lowest BCUT2D eigenvalue weighted by atomic mass is 10.3. The molecular weight excluding hydrogens is 380 g/mol. The van der Waals surface area contributed by atoms with Crippen molar-refractivity contribution < 1.29 is 14.3 Å². The van der Waals surface area contributed by atoms with Gasteiger partial charge in [-0.15, -0.1) is 0 Å². The van der Waals surface area contributed by atoms with Gasteiger partial charge >= 0.3 is 0 Å². The molecule has 0 saturated heterocycles. The monoisotopic (exact) mass is 406 g/mol. The van der Waals surface area contributed by atoms with E-state index >= 15 is 0 Å². The van der Waals surface area contributed by atoms with Crippen molar-refractivity contribution in [3.05, 3.63) is 72.1 Å². The summed E-state index contributed by atoms with van der Waals surface area (Å²) < 4.78 is 12.8. The zero-order valence-corrected chi connectivity index (χ0v) is 17.6. The number of hydrazone groups is 1. The van der Waals surface area contributed by atoms with Crippen LogP contribution in [0.2, 0.25) is 0 Å². The smallest absolute Gasteiger partial charge is 0.277 e. The van der Waals surface area contributed by atoms with Crippen molar-refractivity contribution in [2.75, 3.05) is 32.7 Å². The van der Waals surface area contributed by atoms with Gasteiger partial charge in [-0.05, 0) is 49.4 Å². The quantitative estimate of drug-likeness (QED) is 0.460. The second-order valence-corrected chi connectivity index (χ2v) is 6.96. The van der Waals surface area contributed by atoms with Crippen LogP contribution in [0.3, 0.4) is 0 Å². The number of carbonyl (C=O) groups is 1. The minimum absolute atomic E-state index is 0.111. The normalized spacial score (nSPS) is 10.8. The van der Waals surface area contributed by atoms with E-state index in [0.717, 1.165) is 28.4 Å². The molecule has 7 heteroatoms. The highest BCUT2D eigenvalue weighted by atomic mass is 16.5. The maximum Gasteiger partial charge on any atom is 0.277 e. The lowest BCUT2D eigenvalue weighted by molar-refractivity contribution is -0.123. The highest BCUT2D eigenvalue weighted by molar-refractivity contribution is 5.83. The fourth-order valence-electron chi connectivity index (χ4n) is 2.90. The second kappa shape index (κ2) is 9.65. The second-order valence-electron chi connectivity index (χ2n) is 6.96. The summed E-state index contributed by atoms with van der Waals surface area (Å²) in [6.45, 7) is 1.90. The first kappa shape index (κ1) is 21.0. The molecule has 0 spiro atoms. The van der Waals surface area contributed by atoms with Crippen molar-refractivity contribution in [3.8, 4) is 17.2 Å². The van der Waals surface area contributed by atoms with Crippen molar-refractivity contribution in [2.24, 2.45) is 5.10 Å². The Balaban J connectivity index is 1.55. The Labute approximate surface area is 176 Å². The summed E-state index contributed by atoms with van der Waals surface area (Å²) in [7, 11) is 5.54. The van der Waals surface area contributed by atoms with E-state index in [1.165, 1.54) is 0 Å². The first-order valence-corrected chi connectivity index (χ1v) is 9.52. The number of hydrogen-bond acceptors (Lipinski definition) is 5. The van der Waals surface area contributed by atoms with Gasteiger partial charge < -0.3 is 18.9 Å². The van der Waals surface area contributed by atoms with Gasteiger partial charge in [-0.2, -0.15) is 5.10 Å². The van der Waals surface area contributed by atoms with E-state index in [9.17, 15) is 4.79 Å². The Morgan fingerprint density at radius 3 is 2.60 bits per heavy atom. The van der Waals surface area contributed by atoms with Crippen molar-refractivity contribution in [1.82, 2.24) is 9.99 Å². The number of nitrogens with zero attached hydrogens (tertiary/aromatic N) is 3. The number of carbonyl (C=O) groups excluding carboxylic acids is 1. The van der Waals surface area contributed by atoms with Gasteiger partial charge in [0.25, 0.3) is 5.91 Å². The number of ether oxygens (including phenoxy) is 2. The molecule has 3 aromatic rings. The van der Waals surface area contributed by atoms with Crippen LogP contribution in [0.15, 0.2) is 65.9 Å². The third-order valence-corrected chi connectivity index (χ3v) is 4.49. The van der Waals surface area contributed by atoms with E-state index in [1.54, 1.807) is 13.3 Å². The fourth-order valence-corrected chi connectivity index (χ4v) is 2.90. The highest BCUT2D eigenvalue weighted by Gasteiger charge is 2.05. The summed E-state index contributed by atoms with van der Waals surface area (Å²) in [5, 5.41) is 4.03. The average Bonchev–Trinajstić information content (AvgIpc) is 3.13. The summed E-state index contributed by atoms with van der Waals surface area (Å²) in [5.41, 5.74) is 6.44. The molecule has 0 bridgehead atoms. The number of anilines is 1. The van der Waals surface area contributed by atoms with E-state index in [4.69, 9.17) is 9.47 Å². The average molecular weight is 406 g/mol. The number of aryl methyl sites for hydroxylation is 1. The number of nitrogens with one attached hydrogen (secondary N) is 1. The Morgan fingerprint density at radius 1 is 1.13 bits per heavy atom. The molecule has 1 heterocycles. The number of benzene rings is 2. The van der Waals surface area contributed by atoms with Crippen LogP contribution < -0.4 is 19.8 Å². The van der Waals surface area contributed by atoms with Gasteiger partial charge in [0.05, 0.1) is 13.3 Å². The topological polar surface area (TPSA) is 68.1 Å². The van der Waals surface area contributed by atoms with Crippen LogP contribution in [0.25, 0.3) is 5.69 Å². The minimum Gasteiger partial charge on any atom is -0.497 e. The Hall–Kier alpha value is -3.74. The van der Waals surface area contributed by atoms with E-state index in [1.807, 2.05) is 91.3 Å². The zero-order chi connectivity index (χ0) is 21.5. The van der Waals surface area contributed by atoms with Gasteiger partial charge in [0.15, 0.2) is 6.61 Å². The van der Waals surface area contributed by atoms with Crippen molar-refractivity contribution >= 4 is 17.8 Å². The van der Waals surface area contributed by atoms with Gasteiger partial charge in [0.2, 0.25) is 0 Å². The predicted octanol–water partition coefficient (Wildman–Crippen LogP) is 3.39. The first-order valence-electron chi connectivity index (χ1n) is 9.52. The van der Waals surface area contributed by atoms with Crippen molar-refractivity contribution in [1.29, 1.82) is 0 Å². The molecule has 2 aromatic carbocycles. The molecule has 0 aliphatic rings. The van der Waals surface area contributed by atoms with Crippen LogP contribution in [-0.2, 0) is 4.79 Å². The molecule has 156 valence electrons. The molecule has 0 saturated carbocycles. The maximum atomic E-state index is 12.0. The summed E-state index contributed by atoms with van der Waals surface area (Å²) in [6, 6.07) is 17.3. The van der Waals surface area contributed by atoms with Crippen LogP contribution in [0, 0.1) is 6.92 Å². The molecule has 1 amide bonds. The van der Waals surface area contributed by atoms with Crippen LogP contribution >= 0.6 is 0 Å². The van der Waals surface area contributed by atoms with Gasteiger partial charge in [0, 0.05) is 49.0 Å². The standard InChI is InChI=1S/C23H26N4O3/c1-17-12-18(15-27(17)19-8-10-21(29-4)11-9-19)14-24-25-23(28)16-30-22-7-5-6-20(13-22)26(2)3/h5-15H,16H2,1-4H3,(H,25,28)/b24-14+. The van der Waals surface area contributed by atoms with E-state index < -0.39 is 0 Å². The van der Waals surface area contributed by atoms with Crippen LogP contribution in [0.1, 0.15) is 11.3 Å². The fraction of sp³-hybridized carbons (Fsp3) is 0.217. The molecule has 0 aliphatic carbocycles. The highest BCUT2D eigenvalue weighted by Crippen LogP contribution is 2.19. The number of hydrogen-bond donors (Lipinski definition) is 1. The lowest BCUT2D eigenvalue weighted by Crippen LogP contribution is -2.24. The molecule has 0 atom stereocenters. The molecule has 3 rings (SSSR count). The molecule has 0 aliphatic heterocycles. The summed E-state index contributed by atoms with van der Waals surface area (Å²) in [6.07, 6.45) is 3.56. The molecule has 0 fully saturated rings. The molecule has 0 radical (unpaired) electrons. The van der Waals surface area contributed by atoms with Gasteiger partial charge in [-0.3, -0.25) is 4.79 Å². The maximum absolute atomic E-state index is 12.0. The van der Waals surface area contributed by atoms with E-state index in [-0.39, 0.29) is 12.5 Å². The zero-order valence-electron chi connectivity index (χ0n) is 17.6. The summed E-state index contributed by atoms with van der Waals surface area (Å²) in [5.74, 6) is 1.11. The first-order chi connectivity index (χ1) is 14.5. The largest absolute Gasteiger partial charge is 0.497 e. The Morgan fingerprint density at radius 2 is 1.90 bits per heavy atom. The minimum atomic E-state index is -0.326. The van der Waals surface area contributed by atoms with Crippen molar-refractivity contribution in [2.45, 2.75) is 6.92 Å². The predicted molar refractivity (Wildman–Crippen MR) is 119 cm³/mol. The molecule has 0 unspecified atom stereocenters. The SMILES string of the molecule is COc1ccc(-n2cc(/C=N/NC(=O)COc3cccc(N(C)C)c3)cc2C)cc1. The Bertz CT molecular complexity index is 1020. The number of rotatable bonds is 8. The van der Waals surface area contributed by atoms with E-state index in [0.29, 0.717) is 5.75 Å². The number of methoxy groups -OCH3 is 1. The molecule has 30 heavy (non-hydrogen) atoms. The van der Waals surface area contributed by atoms with E-state index in [2.05, 4.69) is 10.5 Å². The van der Waals surface area contributed by atoms with Crippen LogP contribution in [0.4, 0.5) is 5.69 Å².